The summed E-state index contributed by atoms with van der Waals surface area (Å²) in [6.45, 7) is 8.03. The van der Waals surface area contributed by atoms with Crippen LogP contribution in [0.1, 0.15) is 38.8 Å². The molecule has 2 heterocycles. The molecule has 3 rings (SSSR count). The smallest absolute Gasteiger partial charge is 0.356 e. The first-order valence-corrected chi connectivity index (χ1v) is 12.0. The molecule has 1 aromatic carbocycles. The van der Waals surface area contributed by atoms with E-state index in [-0.39, 0.29) is 36.3 Å². The van der Waals surface area contributed by atoms with Crippen LogP contribution in [-0.2, 0) is 31.5 Å². The van der Waals surface area contributed by atoms with Crippen LogP contribution >= 0.6 is 19.2 Å². The highest BCUT2D eigenvalue weighted by molar-refractivity contribution is 7.53. The van der Waals surface area contributed by atoms with Crippen LogP contribution in [0.4, 0.5) is 5.95 Å². The molecule has 0 amide bonds. The highest BCUT2D eigenvalue weighted by atomic mass is 35.5. The van der Waals surface area contributed by atoms with Gasteiger partial charge in [0.15, 0.2) is 10.8 Å². The Hall–Kier alpha value is -2.03. The van der Waals surface area contributed by atoms with Gasteiger partial charge in [0.1, 0.15) is 11.9 Å². The van der Waals surface area contributed by atoms with Crippen molar-refractivity contribution in [2.45, 2.75) is 53.1 Å². The van der Waals surface area contributed by atoms with Gasteiger partial charge in [-0.2, -0.15) is 9.97 Å². The molecule has 0 atom stereocenters. The number of nitrogens with two attached hydrogens (primary N) is 1. The molecule has 168 valence electrons. The largest absolute Gasteiger partial charge is 0.368 e. The van der Waals surface area contributed by atoms with Crippen LogP contribution in [0.5, 0.6) is 0 Å². The number of anilines is 1. The molecule has 0 aliphatic carbocycles. The predicted octanol–water partition coefficient (Wildman–Crippen LogP) is 4.63. The lowest BCUT2D eigenvalue weighted by atomic mass is 10.1. The highest BCUT2D eigenvalue weighted by Gasteiger charge is 2.28. The molecule has 0 saturated heterocycles. The van der Waals surface area contributed by atoms with Gasteiger partial charge < -0.3 is 24.1 Å². The summed E-state index contributed by atoms with van der Waals surface area (Å²) in [6.07, 6.45) is 1.08. The summed E-state index contributed by atoms with van der Waals surface area (Å²) in [5, 5.41) is 0.222. The van der Waals surface area contributed by atoms with E-state index in [0.717, 1.165) is 11.1 Å². The molecule has 0 aliphatic rings. The molecule has 0 bridgehead atoms. The fourth-order valence-electron chi connectivity index (χ4n) is 3.06. The van der Waals surface area contributed by atoms with Crippen molar-refractivity contribution in [2.24, 2.45) is 0 Å². The zero-order valence-electron chi connectivity index (χ0n) is 18.0. The Morgan fingerprint density at radius 1 is 1.13 bits per heavy atom. The molecule has 0 unspecified atom stereocenters. The Kier molecular flexibility index (Phi) is 7.67. The highest BCUT2D eigenvalue weighted by Crippen LogP contribution is 2.50. The number of nitrogen functional groups attached to an aromatic ring is 1. The van der Waals surface area contributed by atoms with Gasteiger partial charge in [-0.25, -0.2) is 4.98 Å². The number of imidazole rings is 1. The normalized spacial score (nSPS) is 12.4. The molecule has 31 heavy (non-hydrogen) atoms. The Morgan fingerprint density at radius 3 is 2.48 bits per heavy atom. The Balaban J connectivity index is 1.68. The van der Waals surface area contributed by atoms with Crippen molar-refractivity contribution in [2.75, 3.05) is 12.1 Å². The van der Waals surface area contributed by atoms with Crippen molar-refractivity contribution in [3.8, 4) is 0 Å². The van der Waals surface area contributed by atoms with Crippen LogP contribution in [-0.4, -0.2) is 38.1 Å². The van der Waals surface area contributed by atoms with Crippen molar-refractivity contribution >= 4 is 36.3 Å². The topological polar surface area (TPSA) is 114 Å². The minimum absolute atomic E-state index is 0.0954. The number of rotatable bonds is 10. The number of benzene rings is 1. The standard InChI is InChI=1S/C20H27ClN5O4P/c1-13(2)29-31(27,30-14(3)4)12-28-10-16-7-5-6-15(8-16)9-26-11-23-17-18(21)24-20(22)25-19(17)26/h5-8,11,13-14H,9-10,12H2,1-4H3,(H2,22,24,25). The molecule has 2 N–H and O–H groups in total. The fraction of sp³-hybridized carbons (Fsp3) is 0.450. The molecule has 9 nitrogen and oxygen atoms in total. The average molecular weight is 468 g/mol. The summed E-state index contributed by atoms with van der Waals surface area (Å²) in [5.41, 5.74) is 8.71. The van der Waals surface area contributed by atoms with Gasteiger partial charge in [-0.1, -0.05) is 35.9 Å². The summed E-state index contributed by atoms with van der Waals surface area (Å²) in [4.78, 5) is 12.4. The van der Waals surface area contributed by atoms with Crippen LogP contribution in [0, 0.1) is 0 Å². The average Bonchev–Trinajstić information content (AvgIpc) is 3.03. The maximum absolute atomic E-state index is 12.9. The van der Waals surface area contributed by atoms with Crippen molar-refractivity contribution < 1.29 is 18.3 Å². The first kappa shape index (κ1) is 23.6. The number of halogens is 1. The van der Waals surface area contributed by atoms with Gasteiger partial charge in [0, 0.05) is 0 Å². The maximum Gasteiger partial charge on any atom is 0.356 e. The lowest BCUT2D eigenvalue weighted by molar-refractivity contribution is 0.0931. The number of nitrogens with zero attached hydrogens (tertiary/aromatic N) is 4. The summed E-state index contributed by atoms with van der Waals surface area (Å²) in [5.74, 6) is 0.0954. The second kappa shape index (κ2) is 10.1. The zero-order chi connectivity index (χ0) is 22.6. The van der Waals surface area contributed by atoms with Crippen molar-refractivity contribution in [1.82, 2.24) is 19.5 Å². The van der Waals surface area contributed by atoms with E-state index in [9.17, 15) is 4.57 Å². The summed E-state index contributed by atoms with van der Waals surface area (Å²) in [7, 11) is -3.34. The summed E-state index contributed by atoms with van der Waals surface area (Å²) < 4.78 is 31.4. The van der Waals surface area contributed by atoms with Crippen molar-refractivity contribution in [3.63, 3.8) is 0 Å². The molecule has 0 spiro atoms. The number of aromatic nitrogens is 4. The Bertz CT molecular complexity index is 1070. The monoisotopic (exact) mass is 467 g/mol. The summed E-state index contributed by atoms with van der Waals surface area (Å²) in [6, 6.07) is 7.84. The lowest BCUT2D eigenvalue weighted by Crippen LogP contribution is -2.11. The third kappa shape index (κ3) is 6.48. The van der Waals surface area contributed by atoms with Crippen molar-refractivity contribution in [1.29, 1.82) is 0 Å². The van der Waals surface area contributed by atoms with E-state index in [1.54, 1.807) is 6.33 Å². The minimum Gasteiger partial charge on any atom is -0.368 e. The van der Waals surface area contributed by atoms with Crippen LogP contribution < -0.4 is 5.73 Å². The lowest BCUT2D eigenvalue weighted by Gasteiger charge is -2.22. The number of hydrogen-bond donors (Lipinski definition) is 1. The minimum atomic E-state index is -3.34. The van der Waals surface area contributed by atoms with Gasteiger partial charge in [-0.3, -0.25) is 4.57 Å². The number of ether oxygens (including phenoxy) is 1. The number of hydrogen-bond acceptors (Lipinski definition) is 8. The predicted molar refractivity (Wildman–Crippen MR) is 120 cm³/mol. The van der Waals surface area contributed by atoms with Crippen LogP contribution in [0.15, 0.2) is 30.6 Å². The molecule has 0 saturated carbocycles. The van der Waals surface area contributed by atoms with E-state index in [1.807, 2.05) is 56.5 Å². The molecular formula is C20H27ClN5O4P. The molecule has 0 aliphatic heterocycles. The second-order valence-corrected chi connectivity index (χ2v) is 9.89. The van der Waals surface area contributed by atoms with Gasteiger partial charge >= 0.3 is 7.60 Å². The van der Waals surface area contributed by atoms with Crippen LogP contribution in [0.25, 0.3) is 11.2 Å². The Morgan fingerprint density at radius 2 is 1.81 bits per heavy atom. The molecule has 0 fully saturated rings. The van der Waals surface area contributed by atoms with E-state index in [2.05, 4.69) is 15.0 Å². The van der Waals surface area contributed by atoms with Gasteiger partial charge in [0.05, 0.1) is 31.7 Å². The van der Waals surface area contributed by atoms with Crippen molar-refractivity contribution in [3.05, 3.63) is 46.9 Å². The molecule has 0 radical (unpaired) electrons. The fourth-order valence-corrected chi connectivity index (χ4v) is 5.05. The third-order valence-corrected chi connectivity index (χ3v) is 6.29. The van der Waals surface area contributed by atoms with Gasteiger partial charge in [-0.15, -0.1) is 0 Å². The Labute approximate surface area is 186 Å². The second-order valence-electron chi connectivity index (χ2n) is 7.63. The van der Waals surface area contributed by atoms with Crippen LogP contribution in [0.3, 0.4) is 0 Å². The third-order valence-electron chi connectivity index (χ3n) is 4.04. The van der Waals surface area contributed by atoms with Gasteiger partial charge in [-0.05, 0) is 38.8 Å². The first-order valence-electron chi connectivity index (χ1n) is 9.90. The number of fused-ring (bicyclic) bond motifs is 1. The first-order chi connectivity index (χ1) is 14.6. The SMILES string of the molecule is CC(C)OP(=O)(COCc1cccc(Cn2cnc3c(Cl)nc(N)nc32)c1)OC(C)C. The van der Waals surface area contributed by atoms with E-state index >= 15 is 0 Å². The summed E-state index contributed by atoms with van der Waals surface area (Å²) >= 11 is 6.09. The van der Waals surface area contributed by atoms with E-state index < -0.39 is 7.60 Å². The molecular weight excluding hydrogens is 441 g/mol. The molecule has 11 heteroatoms. The zero-order valence-corrected chi connectivity index (χ0v) is 19.6. The quantitative estimate of drug-likeness (QED) is 0.339. The van der Waals surface area contributed by atoms with E-state index in [0.29, 0.717) is 17.7 Å². The van der Waals surface area contributed by atoms with Crippen LogP contribution in [0.2, 0.25) is 5.15 Å². The van der Waals surface area contributed by atoms with E-state index in [4.69, 9.17) is 31.1 Å². The van der Waals surface area contributed by atoms with Gasteiger partial charge in [0.2, 0.25) is 5.95 Å². The molecule has 3 aromatic rings. The van der Waals surface area contributed by atoms with Gasteiger partial charge in [0.25, 0.3) is 0 Å². The maximum atomic E-state index is 12.9. The molecule has 2 aromatic heterocycles. The van der Waals surface area contributed by atoms with E-state index in [1.165, 1.54) is 0 Å².